The number of benzene rings is 1. The van der Waals surface area contributed by atoms with Crippen molar-refractivity contribution in [1.82, 2.24) is 15.5 Å². The first-order chi connectivity index (χ1) is 19.7. The topological polar surface area (TPSA) is 177 Å². The number of hydrogen-bond acceptors (Lipinski definition) is 8. The van der Waals surface area contributed by atoms with E-state index in [4.69, 9.17) is 15.2 Å². The number of carbonyl (C=O) groups excluding carboxylic acids is 5. The molecule has 4 amide bonds. The maximum absolute atomic E-state index is 14.1. The third-order valence-corrected chi connectivity index (χ3v) is 6.21. The van der Waals surface area contributed by atoms with Crippen LogP contribution in [-0.4, -0.2) is 71.1 Å². The highest BCUT2D eigenvalue weighted by atomic mass is 16.6. The number of rotatable bonds is 17. The van der Waals surface area contributed by atoms with Gasteiger partial charge < -0.3 is 35.8 Å². The first kappa shape index (κ1) is 36.2. The van der Waals surface area contributed by atoms with Crippen LogP contribution >= 0.6 is 0 Å². The van der Waals surface area contributed by atoms with E-state index in [1.54, 1.807) is 40.7 Å². The molecule has 0 radical (unpaired) electrons. The Morgan fingerprint density at radius 3 is 2.29 bits per heavy atom. The van der Waals surface area contributed by atoms with Gasteiger partial charge in [-0.3, -0.25) is 19.2 Å². The largest absolute Gasteiger partial charge is 0.508 e. The Balaban J connectivity index is 3.50. The van der Waals surface area contributed by atoms with Crippen LogP contribution in [0.25, 0.3) is 0 Å². The standard InChI is InChI=1S/C30H48N4O8/c1-7-9-10-11-12-17-34(28(39)22(19-24(31)36)33-29(40)42-30(4,5)6)26(21-13-14-23(35)20(3)18-21)27(38)32-16-15-25(37)41-8-2/h13-14,18,22,26,35H,7-12,15-17,19H2,1-6H3,(H2,31,36)(H,32,38)(H,33,40). The molecule has 1 aromatic rings. The van der Waals surface area contributed by atoms with E-state index >= 15 is 0 Å². The number of nitrogens with one attached hydrogen (secondary N) is 2. The number of hydrogen-bond donors (Lipinski definition) is 4. The van der Waals surface area contributed by atoms with Crippen LogP contribution in [0.15, 0.2) is 18.2 Å². The van der Waals surface area contributed by atoms with Gasteiger partial charge in [0.15, 0.2) is 0 Å². The Kier molecular flexibility index (Phi) is 15.4. The van der Waals surface area contributed by atoms with E-state index in [-0.39, 0.29) is 31.9 Å². The van der Waals surface area contributed by atoms with Gasteiger partial charge in [-0.05, 0) is 64.3 Å². The molecule has 2 atom stereocenters. The molecule has 12 heteroatoms. The van der Waals surface area contributed by atoms with Crippen LogP contribution in [0.5, 0.6) is 5.75 Å². The number of nitrogens with zero attached hydrogens (tertiary/aromatic N) is 1. The fourth-order valence-electron chi connectivity index (χ4n) is 4.24. The zero-order chi connectivity index (χ0) is 31.9. The van der Waals surface area contributed by atoms with E-state index in [0.29, 0.717) is 17.5 Å². The molecule has 0 aliphatic heterocycles. The second-order valence-corrected chi connectivity index (χ2v) is 11.1. The summed E-state index contributed by atoms with van der Waals surface area (Å²) in [6.45, 7) is 10.7. The quantitative estimate of drug-likeness (QED) is 0.157. The summed E-state index contributed by atoms with van der Waals surface area (Å²) in [5.74, 6) is -2.59. The molecule has 0 aliphatic carbocycles. The van der Waals surface area contributed by atoms with Gasteiger partial charge in [-0.2, -0.15) is 0 Å². The van der Waals surface area contributed by atoms with Crippen LogP contribution in [0, 0.1) is 6.92 Å². The van der Waals surface area contributed by atoms with Crippen LogP contribution < -0.4 is 16.4 Å². The van der Waals surface area contributed by atoms with Gasteiger partial charge in [0.2, 0.25) is 17.7 Å². The smallest absolute Gasteiger partial charge is 0.408 e. The molecule has 1 rings (SSSR count). The number of alkyl carbamates (subject to hydrolysis) is 1. The molecule has 236 valence electrons. The highest BCUT2D eigenvalue weighted by Gasteiger charge is 2.37. The van der Waals surface area contributed by atoms with Crippen molar-refractivity contribution in [1.29, 1.82) is 0 Å². The number of phenols is 1. The Morgan fingerprint density at radius 1 is 1.05 bits per heavy atom. The fraction of sp³-hybridized carbons (Fsp3) is 0.633. The number of ether oxygens (including phenoxy) is 2. The molecule has 0 heterocycles. The minimum Gasteiger partial charge on any atom is -0.508 e. The Morgan fingerprint density at radius 2 is 1.71 bits per heavy atom. The summed E-state index contributed by atoms with van der Waals surface area (Å²) >= 11 is 0. The lowest BCUT2D eigenvalue weighted by Gasteiger charge is -2.34. The number of phenolic OH excluding ortho intramolecular Hbond substituents is 1. The number of unbranched alkanes of at least 4 members (excludes halogenated alkanes) is 4. The lowest BCUT2D eigenvalue weighted by atomic mass is 9.99. The van der Waals surface area contributed by atoms with E-state index in [1.807, 2.05) is 0 Å². The first-order valence-corrected chi connectivity index (χ1v) is 14.5. The Bertz CT molecular complexity index is 1070. The van der Waals surface area contributed by atoms with Crippen molar-refractivity contribution in [2.24, 2.45) is 5.73 Å². The lowest BCUT2D eigenvalue weighted by molar-refractivity contribution is -0.144. The predicted octanol–water partition coefficient (Wildman–Crippen LogP) is 3.38. The normalized spacial score (nSPS) is 12.5. The molecule has 0 fully saturated rings. The molecule has 0 saturated carbocycles. The van der Waals surface area contributed by atoms with Crippen LogP contribution in [0.4, 0.5) is 4.79 Å². The molecule has 0 aliphatic rings. The van der Waals surface area contributed by atoms with Crippen molar-refractivity contribution in [3.8, 4) is 5.75 Å². The minimum atomic E-state index is -1.40. The van der Waals surface area contributed by atoms with Crippen LogP contribution in [0.1, 0.15) is 96.7 Å². The molecule has 0 aromatic heterocycles. The first-order valence-electron chi connectivity index (χ1n) is 14.5. The van der Waals surface area contributed by atoms with Gasteiger partial charge in [0.1, 0.15) is 23.4 Å². The Labute approximate surface area is 248 Å². The lowest BCUT2D eigenvalue weighted by Crippen LogP contribution is -2.54. The van der Waals surface area contributed by atoms with Gasteiger partial charge in [-0.25, -0.2) is 4.79 Å². The molecule has 1 aromatic carbocycles. The van der Waals surface area contributed by atoms with E-state index in [2.05, 4.69) is 17.6 Å². The summed E-state index contributed by atoms with van der Waals surface area (Å²) in [6.07, 6.45) is 2.77. The van der Waals surface area contributed by atoms with Gasteiger partial charge in [-0.15, -0.1) is 0 Å². The zero-order valence-electron chi connectivity index (χ0n) is 25.8. The van der Waals surface area contributed by atoms with E-state index in [9.17, 15) is 29.1 Å². The number of carbonyl (C=O) groups is 5. The van der Waals surface area contributed by atoms with E-state index in [0.717, 1.165) is 25.7 Å². The molecule has 0 bridgehead atoms. The molecule has 0 spiro atoms. The summed E-state index contributed by atoms with van der Waals surface area (Å²) in [5.41, 5.74) is 5.45. The average molecular weight is 593 g/mol. The van der Waals surface area contributed by atoms with Gasteiger partial charge in [0.05, 0.1) is 19.4 Å². The second-order valence-electron chi connectivity index (χ2n) is 11.1. The number of aromatic hydroxyl groups is 1. The van der Waals surface area contributed by atoms with Crippen LogP contribution in [0.3, 0.4) is 0 Å². The third-order valence-electron chi connectivity index (χ3n) is 6.21. The summed E-state index contributed by atoms with van der Waals surface area (Å²) in [5, 5.41) is 15.3. The number of amides is 4. The van der Waals surface area contributed by atoms with Crippen LogP contribution in [-0.2, 0) is 28.7 Å². The molecule has 2 unspecified atom stereocenters. The average Bonchev–Trinajstić information content (AvgIpc) is 2.87. The molecule has 42 heavy (non-hydrogen) atoms. The van der Waals surface area contributed by atoms with Gasteiger partial charge >= 0.3 is 12.1 Å². The molecule has 12 nitrogen and oxygen atoms in total. The number of esters is 1. The van der Waals surface area contributed by atoms with Crippen molar-refractivity contribution >= 4 is 29.8 Å². The van der Waals surface area contributed by atoms with E-state index < -0.39 is 53.9 Å². The summed E-state index contributed by atoms with van der Waals surface area (Å²) in [7, 11) is 0. The third kappa shape index (κ3) is 13.2. The van der Waals surface area contributed by atoms with Gasteiger partial charge in [0, 0.05) is 13.1 Å². The fourth-order valence-corrected chi connectivity index (χ4v) is 4.24. The maximum atomic E-state index is 14.1. The Hall–Kier alpha value is -3.83. The highest BCUT2D eigenvalue weighted by Crippen LogP contribution is 2.28. The van der Waals surface area contributed by atoms with Crippen molar-refractivity contribution in [2.75, 3.05) is 19.7 Å². The molecular weight excluding hydrogens is 544 g/mol. The van der Waals surface area contributed by atoms with Gasteiger partial charge in [-0.1, -0.05) is 38.7 Å². The SMILES string of the molecule is CCCCCCCN(C(=O)C(CC(N)=O)NC(=O)OC(C)(C)C)C(C(=O)NCCC(=O)OCC)c1ccc(O)c(C)c1. The summed E-state index contributed by atoms with van der Waals surface area (Å²) in [4.78, 5) is 65.5. The maximum Gasteiger partial charge on any atom is 0.408 e. The van der Waals surface area contributed by atoms with Gasteiger partial charge in [0.25, 0.3) is 0 Å². The monoisotopic (exact) mass is 592 g/mol. The molecule has 0 saturated heterocycles. The molecule has 5 N–H and O–H groups in total. The van der Waals surface area contributed by atoms with Crippen molar-refractivity contribution in [3.05, 3.63) is 29.3 Å². The summed E-state index contributed by atoms with van der Waals surface area (Å²) < 4.78 is 10.2. The summed E-state index contributed by atoms with van der Waals surface area (Å²) in [6, 6.07) is 1.93. The zero-order valence-corrected chi connectivity index (χ0v) is 25.8. The van der Waals surface area contributed by atoms with Crippen molar-refractivity contribution < 1.29 is 38.6 Å². The highest BCUT2D eigenvalue weighted by molar-refractivity contribution is 5.94. The minimum absolute atomic E-state index is 0.0101. The van der Waals surface area contributed by atoms with Crippen LogP contribution in [0.2, 0.25) is 0 Å². The molecular formula is C30H48N4O8. The number of nitrogens with two attached hydrogens (primary N) is 1. The number of aryl methyl sites for hydroxylation is 1. The van der Waals surface area contributed by atoms with E-state index in [1.165, 1.54) is 17.0 Å². The predicted molar refractivity (Wildman–Crippen MR) is 157 cm³/mol. The second kappa shape index (κ2) is 17.9. The van der Waals surface area contributed by atoms with Crippen molar-refractivity contribution in [2.45, 2.75) is 104 Å². The van der Waals surface area contributed by atoms with Crippen molar-refractivity contribution in [3.63, 3.8) is 0 Å². The number of primary amides is 1.